The monoisotopic (exact) mass is 436 g/mol. The fourth-order valence-electron chi connectivity index (χ4n) is 3.37. The largest absolute Gasteiger partial charge is 0.437 e. The van der Waals surface area contributed by atoms with Gasteiger partial charge in [-0.3, -0.25) is 14.5 Å². The lowest BCUT2D eigenvalue weighted by molar-refractivity contribution is -0.111. The first kappa shape index (κ1) is 21.5. The predicted molar refractivity (Wildman–Crippen MR) is 119 cm³/mol. The zero-order chi connectivity index (χ0) is 22.5. The molecule has 2 aromatic heterocycles. The number of ether oxygens (including phenoxy) is 1. The number of β-amino-alcohol motifs (C(OH)–C–C–N with tert-alkyl or cyclic N) is 1. The van der Waals surface area contributed by atoms with Crippen LogP contribution in [0.3, 0.4) is 0 Å². The average molecular weight is 436 g/mol. The number of hydrogen-bond donors (Lipinski definition) is 4. The molecule has 1 fully saturated rings. The zero-order valence-electron chi connectivity index (χ0n) is 17.4. The van der Waals surface area contributed by atoms with Crippen LogP contribution in [0.5, 0.6) is 11.6 Å². The number of aromatic amines is 1. The summed E-state index contributed by atoms with van der Waals surface area (Å²) in [5.41, 5.74) is 1.81. The lowest BCUT2D eigenvalue weighted by atomic mass is 10.1. The maximum atomic E-state index is 12.6. The van der Waals surface area contributed by atoms with Crippen LogP contribution in [0, 0.1) is 0 Å². The number of benzene rings is 1. The lowest BCUT2D eigenvalue weighted by Gasteiger charge is -2.35. The number of aliphatic hydroxyl groups excluding tert-OH is 1. The summed E-state index contributed by atoms with van der Waals surface area (Å²) in [5.74, 6) is 0.0992. The van der Waals surface area contributed by atoms with E-state index in [0.29, 0.717) is 47.8 Å². The first-order valence-electron chi connectivity index (χ1n) is 10.3. The van der Waals surface area contributed by atoms with E-state index in [4.69, 9.17) is 4.74 Å². The quantitative estimate of drug-likeness (QED) is 0.296. The number of aromatic nitrogens is 3. The van der Waals surface area contributed by atoms with Gasteiger partial charge >= 0.3 is 0 Å². The Balaban J connectivity index is 1.40. The Morgan fingerprint density at radius 3 is 3.00 bits per heavy atom. The van der Waals surface area contributed by atoms with E-state index in [0.717, 1.165) is 13.0 Å². The van der Waals surface area contributed by atoms with Crippen molar-refractivity contribution in [3.8, 4) is 11.6 Å². The van der Waals surface area contributed by atoms with Gasteiger partial charge in [0.05, 0.1) is 17.9 Å². The van der Waals surface area contributed by atoms with E-state index in [1.165, 1.54) is 12.3 Å². The number of nitrogens with zero attached hydrogens (tertiary/aromatic N) is 3. The molecule has 0 aliphatic carbocycles. The molecule has 4 rings (SSSR count). The molecule has 1 aliphatic rings. The molecule has 0 unspecified atom stereocenters. The number of carbonyl (C=O) groups excluding carboxylic acids is 2. The molecule has 1 aliphatic heterocycles. The molecule has 2 amide bonds. The van der Waals surface area contributed by atoms with Gasteiger partial charge in [0, 0.05) is 44.1 Å². The number of rotatable bonds is 9. The van der Waals surface area contributed by atoms with E-state index in [2.05, 4.69) is 37.1 Å². The SMILES string of the molecule is C=CC(=O)Nc1cccc(Oc2cnc3[nH]cc(C(=O)NCCCN4CC(O)C4)c3n2)c1. The van der Waals surface area contributed by atoms with Crippen molar-refractivity contribution in [1.82, 2.24) is 25.2 Å². The predicted octanol–water partition coefficient (Wildman–Crippen LogP) is 1.67. The van der Waals surface area contributed by atoms with Crippen molar-refractivity contribution in [3.63, 3.8) is 0 Å². The van der Waals surface area contributed by atoms with Crippen LogP contribution in [-0.4, -0.2) is 69.1 Å². The second-order valence-corrected chi connectivity index (χ2v) is 7.45. The molecular formula is C22H24N6O4. The summed E-state index contributed by atoms with van der Waals surface area (Å²) in [6.07, 6.45) is 4.78. The Morgan fingerprint density at radius 1 is 1.38 bits per heavy atom. The molecule has 0 atom stereocenters. The van der Waals surface area contributed by atoms with Crippen LogP contribution in [0.1, 0.15) is 16.8 Å². The molecule has 166 valence electrons. The molecular weight excluding hydrogens is 412 g/mol. The van der Waals surface area contributed by atoms with Crippen molar-refractivity contribution in [2.45, 2.75) is 12.5 Å². The van der Waals surface area contributed by atoms with Crippen molar-refractivity contribution in [3.05, 3.63) is 54.9 Å². The number of fused-ring (bicyclic) bond motifs is 1. The summed E-state index contributed by atoms with van der Waals surface area (Å²) < 4.78 is 5.78. The van der Waals surface area contributed by atoms with E-state index in [9.17, 15) is 14.7 Å². The molecule has 1 saturated heterocycles. The van der Waals surface area contributed by atoms with Crippen LogP contribution < -0.4 is 15.4 Å². The molecule has 0 bridgehead atoms. The summed E-state index contributed by atoms with van der Waals surface area (Å²) in [7, 11) is 0. The number of amides is 2. The number of likely N-dealkylation sites (tertiary alicyclic amines) is 1. The minimum atomic E-state index is -0.325. The summed E-state index contributed by atoms with van der Waals surface area (Å²) in [6.45, 7) is 6.16. The Labute approximate surface area is 184 Å². The minimum absolute atomic E-state index is 0.217. The van der Waals surface area contributed by atoms with Crippen molar-refractivity contribution in [2.75, 3.05) is 31.5 Å². The Bertz CT molecular complexity index is 1140. The second-order valence-electron chi connectivity index (χ2n) is 7.45. The van der Waals surface area contributed by atoms with Gasteiger partial charge < -0.3 is 25.5 Å². The van der Waals surface area contributed by atoms with Crippen LogP contribution in [0.4, 0.5) is 5.69 Å². The van der Waals surface area contributed by atoms with Crippen molar-refractivity contribution in [1.29, 1.82) is 0 Å². The third kappa shape index (κ3) is 5.10. The van der Waals surface area contributed by atoms with Crippen molar-refractivity contribution < 1.29 is 19.4 Å². The summed E-state index contributed by atoms with van der Waals surface area (Å²) in [5, 5.41) is 14.9. The first-order valence-corrected chi connectivity index (χ1v) is 10.3. The van der Waals surface area contributed by atoms with Gasteiger partial charge in [-0.15, -0.1) is 0 Å². The molecule has 10 nitrogen and oxygen atoms in total. The molecule has 1 aromatic carbocycles. The summed E-state index contributed by atoms with van der Waals surface area (Å²) >= 11 is 0. The average Bonchev–Trinajstić information content (AvgIpc) is 3.18. The fraction of sp³-hybridized carbons (Fsp3) is 0.273. The van der Waals surface area contributed by atoms with Gasteiger partial charge in [-0.05, 0) is 24.6 Å². The minimum Gasteiger partial charge on any atom is -0.437 e. The van der Waals surface area contributed by atoms with E-state index >= 15 is 0 Å². The molecule has 0 radical (unpaired) electrons. The molecule has 32 heavy (non-hydrogen) atoms. The maximum absolute atomic E-state index is 12.6. The van der Waals surface area contributed by atoms with Gasteiger partial charge in [0.15, 0.2) is 5.65 Å². The van der Waals surface area contributed by atoms with Crippen molar-refractivity contribution >= 4 is 28.7 Å². The van der Waals surface area contributed by atoms with E-state index in [-0.39, 0.29) is 23.8 Å². The molecule has 3 heterocycles. The van der Waals surface area contributed by atoms with Crippen LogP contribution in [0.15, 0.2) is 49.3 Å². The highest BCUT2D eigenvalue weighted by molar-refractivity contribution is 6.04. The Kier molecular flexibility index (Phi) is 6.43. The van der Waals surface area contributed by atoms with E-state index in [1.54, 1.807) is 30.5 Å². The smallest absolute Gasteiger partial charge is 0.255 e. The number of anilines is 1. The van der Waals surface area contributed by atoms with E-state index in [1.807, 2.05) is 0 Å². The standard InChI is InChI=1S/C22H24N6O4/c1-2-18(30)26-14-5-3-6-16(9-14)32-19-11-25-21-20(27-19)17(10-24-21)22(31)23-7-4-8-28-12-15(29)13-28/h2-3,5-6,9-11,15,29H,1,4,7-8,12-13H2,(H,23,31)(H,24,25)(H,26,30). The number of carbonyl (C=O) groups is 2. The van der Waals surface area contributed by atoms with Gasteiger partial charge in [-0.1, -0.05) is 12.6 Å². The van der Waals surface area contributed by atoms with Crippen LogP contribution >= 0.6 is 0 Å². The fourth-order valence-corrected chi connectivity index (χ4v) is 3.37. The summed E-state index contributed by atoms with van der Waals surface area (Å²) in [6, 6.07) is 6.82. The number of H-pyrrole nitrogens is 1. The molecule has 3 aromatic rings. The van der Waals surface area contributed by atoms with Gasteiger partial charge in [-0.2, -0.15) is 0 Å². The topological polar surface area (TPSA) is 132 Å². The third-order valence-corrected chi connectivity index (χ3v) is 4.99. The number of nitrogens with one attached hydrogen (secondary N) is 3. The maximum Gasteiger partial charge on any atom is 0.255 e. The van der Waals surface area contributed by atoms with Crippen LogP contribution in [-0.2, 0) is 4.79 Å². The van der Waals surface area contributed by atoms with Gasteiger partial charge in [0.1, 0.15) is 11.3 Å². The van der Waals surface area contributed by atoms with Gasteiger partial charge in [0.25, 0.3) is 5.91 Å². The Morgan fingerprint density at radius 2 is 2.22 bits per heavy atom. The lowest BCUT2D eigenvalue weighted by Crippen LogP contribution is -2.51. The first-order chi connectivity index (χ1) is 15.5. The van der Waals surface area contributed by atoms with Crippen LogP contribution in [0.25, 0.3) is 11.2 Å². The van der Waals surface area contributed by atoms with E-state index < -0.39 is 0 Å². The molecule has 0 saturated carbocycles. The number of hydrogen-bond acceptors (Lipinski definition) is 7. The molecule has 0 spiro atoms. The normalized spacial score (nSPS) is 14.0. The highest BCUT2D eigenvalue weighted by atomic mass is 16.5. The molecule has 4 N–H and O–H groups in total. The molecule has 10 heteroatoms. The van der Waals surface area contributed by atoms with Crippen molar-refractivity contribution in [2.24, 2.45) is 0 Å². The van der Waals surface area contributed by atoms with Gasteiger partial charge in [0.2, 0.25) is 11.8 Å². The highest BCUT2D eigenvalue weighted by Crippen LogP contribution is 2.24. The van der Waals surface area contributed by atoms with Gasteiger partial charge in [-0.25, -0.2) is 9.97 Å². The number of aliphatic hydroxyl groups is 1. The third-order valence-electron chi connectivity index (χ3n) is 4.99. The Hall–Kier alpha value is -3.76. The second kappa shape index (κ2) is 9.58. The van der Waals surface area contributed by atoms with Crippen LogP contribution in [0.2, 0.25) is 0 Å². The zero-order valence-corrected chi connectivity index (χ0v) is 17.4. The highest BCUT2D eigenvalue weighted by Gasteiger charge is 2.23. The summed E-state index contributed by atoms with van der Waals surface area (Å²) in [4.78, 5) is 37.9.